The smallest absolute Gasteiger partial charge is 0.416 e. The Morgan fingerprint density at radius 2 is 1.86 bits per heavy atom. The van der Waals surface area contributed by atoms with E-state index in [-0.39, 0.29) is 17.2 Å². The molecule has 0 aliphatic carbocycles. The van der Waals surface area contributed by atoms with Crippen LogP contribution in [0, 0.1) is 0 Å². The average Bonchev–Trinajstić information content (AvgIpc) is 2.91. The highest BCUT2D eigenvalue weighted by Crippen LogP contribution is 2.43. The number of carboxylic acid groups (broad SMARTS) is 1. The van der Waals surface area contributed by atoms with E-state index in [4.69, 9.17) is 14.6 Å². The predicted octanol–water partition coefficient (Wildman–Crippen LogP) is 5.05. The van der Waals surface area contributed by atoms with E-state index in [1.165, 1.54) is 18.2 Å². The van der Waals surface area contributed by atoms with Gasteiger partial charge in [-0.2, -0.15) is 22.0 Å². The van der Waals surface area contributed by atoms with Crippen molar-refractivity contribution in [2.75, 3.05) is 0 Å². The number of carboxylic acids is 1. The summed E-state index contributed by atoms with van der Waals surface area (Å²) in [7, 11) is 0. The summed E-state index contributed by atoms with van der Waals surface area (Å²) >= 11 is 0. The Kier molecular flexibility index (Phi) is 5.05. The quantitative estimate of drug-likeness (QED) is 0.707. The maximum Gasteiger partial charge on any atom is 0.416 e. The fraction of sp³-hybridized carbons (Fsp3) is 0.278. The summed E-state index contributed by atoms with van der Waals surface area (Å²) in [6.07, 6.45) is -5.84. The van der Waals surface area contributed by atoms with E-state index in [0.29, 0.717) is 17.7 Å². The molecule has 2 unspecified atom stereocenters. The van der Waals surface area contributed by atoms with Gasteiger partial charge in [0.25, 0.3) is 0 Å². The minimum atomic E-state index is -4.75. The normalized spacial score (nSPS) is 18.5. The van der Waals surface area contributed by atoms with Crippen molar-refractivity contribution >= 4 is 5.97 Å². The molecule has 3 rings (SSSR count). The molecule has 0 saturated heterocycles. The maximum atomic E-state index is 12.8. The van der Waals surface area contributed by atoms with Crippen LogP contribution in [0.3, 0.4) is 0 Å². The van der Waals surface area contributed by atoms with Gasteiger partial charge in [-0.15, -0.1) is 0 Å². The highest BCUT2D eigenvalue weighted by Gasteiger charge is 2.36. The number of fused-ring (bicyclic) bond motifs is 1. The molecule has 5 nitrogen and oxygen atoms in total. The Labute approximate surface area is 155 Å². The monoisotopic (exact) mass is 404 g/mol. The van der Waals surface area contributed by atoms with Gasteiger partial charge in [0.15, 0.2) is 11.5 Å². The van der Waals surface area contributed by atoms with E-state index < -0.39 is 42.1 Å². The first kappa shape index (κ1) is 19.7. The molecule has 0 amide bonds. The van der Waals surface area contributed by atoms with Crippen molar-refractivity contribution < 1.29 is 46.1 Å². The summed E-state index contributed by atoms with van der Waals surface area (Å²) in [6, 6.07) is 6.23. The third kappa shape index (κ3) is 3.95. The third-order valence-corrected chi connectivity index (χ3v) is 4.14. The number of carbonyl (C=O) groups is 1. The summed E-state index contributed by atoms with van der Waals surface area (Å²) in [5, 5.41) is 9.14. The van der Waals surface area contributed by atoms with Crippen molar-refractivity contribution in [1.29, 1.82) is 0 Å². The van der Waals surface area contributed by atoms with Gasteiger partial charge >= 0.3 is 18.8 Å². The van der Waals surface area contributed by atoms with Crippen LogP contribution in [0.15, 0.2) is 36.4 Å². The molecule has 0 bridgehead atoms. The van der Waals surface area contributed by atoms with Crippen molar-refractivity contribution in [3.05, 3.63) is 47.5 Å². The number of rotatable bonds is 5. The summed E-state index contributed by atoms with van der Waals surface area (Å²) in [5.41, 5.74) is -0.567. The molecule has 28 heavy (non-hydrogen) atoms. The van der Waals surface area contributed by atoms with Gasteiger partial charge in [0.05, 0.1) is 5.56 Å². The van der Waals surface area contributed by atoms with Crippen LogP contribution in [0.1, 0.15) is 24.0 Å². The van der Waals surface area contributed by atoms with E-state index in [1.54, 1.807) is 6.92 Å². The third-order valence-electron chi connectivity index (χ3n) is 4.14. The highest BCUT2D eigenvalue weighted by atomic mass is 19.4. The zero-order valence-corrected chi connectivity index (χ0v) is 14.2. The average molecular weight is 404 g/mol. The number of benzene rings is 2. The lowest BCUT2D eigenvalue weighted by Gasteiger charge is -2.15. The van der Waals surface area contributed by atoms with Crippen molar-refractivity contribution in [3.63, 3.8) is 0 Å². The molecule has 150 valence electrons. The molecule has 10 heteroatoms. The second kappa shape index (κ2) is 7.17. The molecule has 2 aromatic rings. The van der Waals surface area contributed by atoms with Crippen molar-refractivity contribution in [2.24, 2.45) is 0 Å². The summed E-state index contributed by atoms with van der Waals surface area (Å²) in [4.78, 5) is 11.2. The molecule has 2 aromatic carbocycles. The Balaban J connectivity index is 1.90. The van der Waals surface area contributed by atoms with Gasteiger partial charge in [-0.3, -0.25) is 0 Å². The van der Waals surface area contributed by atoms with Crippen LogP contribution < -0.4 is 14.2 Å². The van der Waals surface area contributed by atoms with E-state index in [9.17, 15) is 26.7 Å². The SMILES string of the molecule is CC1c2ccc(Oc3ccc(C(F)(F)F)cc3OC(F)F)cc2OC1C(=O)O. The Morgan fingerprint density at radius 1 is 1.14 bits per heavy atom. The number of hydrogen-bond acceptors (Lipinski definition) is 4. The van der Waals surface area contributed by atoms with Gasteiger partial charge in [0, 0.05) is 17.5 Å². The fourth-order valence-corrected chi connectivity index (χ4v) is 2.81. The number of hydrogen-bond donors (Lipinski definition) is 1. The Hall–Kier alpha value is -3.04. The highest BCUT2D eigenvalue weighted by molar-refractivity contribution is 5.76. The lowest BCUT2D eigenvalue weighted by Crippen LogP contribution is -2.27. The van der Waals surface area contributed by atoms with Gasteiger partial charge in [0.1, 0.15) is 11.5 Å². The van der Waals surface area contributed by atoms with E-state index in [2.05, 4.69) is 4.74 Å². The Morgan fingerprint density at radius 3 is 2.46 bits per heavy atom. The van der Waals surface area contributed by atoms with Gasteiger partial charge < -0.3 is 19.3 Å². The first-order valence-corrected chi connectivity index (χ1v) is 7.93. The molecular formula is C18H13F5O5. The molecule has 2 atom stereocenters. The summed E-state index contributed by atoms with van der Waals surface area (Å²) in [6.45, 7) is -1.69. The minimum absolute atomic E-state index is 0.0517. The zero-order chi connectivity index (χ0) is 20.6. The number of aliphatic carboxylic acids is 1. The van der Waals surface area contributed by atoms with Crippen LogP contribution in [0.25, 0.3) is 0 Å². The lowest BCUT2D eigenvalue weighted by molar-refractivity contribution is -0.145. The molecular weight excluding hydrogens is 391 g/mol. The van der Waals surface area contributed by atoms with Crippen LogP contribution in [-0.4, -0.2) is 23.8 Å². The molecule has 0 radical (unpaired) electrons. The van der Waals surface area contributed by atoms with Crippen LogP contribution in [0.5, 0.6) is 23.0 Å². The molecule has 1 heterocycles. The van der Waals surface area contributed by atoms with E-state index in [1.807, 2.05) is 0 Å². The van der Waals surface area contributed by atoms with Gasteiger partial charge in [-0.05, 0) is 24.3 Å². The van der Waals surface area contributed by atoms with Crippen molar-refractivity contribution in [3.8, 4) is 23.0 Å². The van der Waals surface area contributed by atoms with Crippen molar-refractivity contribution in [2.45, 2.75) is 31.7 Å². The standard InChI is InChI=1S/C18H13F5O5/c1-8-11-4-3-10(7-13(11)27-15(8)16(24)25)26-12-5-2-9(18(21,22)23)6-14(12)28-17(19)20/h2-8,15,17H,1H3,(H,24,25). The first-order valence-electron chi connectivity index (χ1n) is 7.93. The Bertz CT molecular complexity index is 896. The van der Waals surface area contributed by atoms with Crippen LogP contribution in [0.2, 0.25) is 0 Å². The van der Waals surface area contributed by atoms with Crippen LogP contribution in [0.4, 0.5) is 22.0 Å². The van der Waals surface area contributed by atoms with Crippen molar-refractivity contribution in [1.82, 2.24) is 0 Å². The number of halogens is 5. The minimum Gasteiger partial charge on any atom is -0.478 e. The molecule has 0 saturated carbocycles. The topological polar surface area (TPSA) is 65.0 Å². The second-order valence-electron chi connectivity index (χ2n) is 6.00. The zero-order valence-electron chi connectivity index (χ0n) is 14.2. The van der Waals surface area contributed by atoms with Gasteiger partial charge in [-0.25, -0.2) is 4.79 Å². The fourth-order valence-electron chi connectivity index (χ4n) is 2.81. The lowest BCUT2D eigenvalue weighted by atomic mass is 9.98. The largest absolute Gasteiger partial charge is 0.478 e. The molecule has 0 aromatic heterocycles. The van der Waals surface area contributed by atoms with Gasteiger partial charge in [0.2, 0.25) is 6.10 Å². The first-order chi connectivity index (χ1) is 13.1. The van der Waals surface area contributed by atoms with E-state index in [0.717, 1.165) is 6.07 Å². The van der Waals surface area contributed by atoms with Gasteiger partial charge in [-0.1, -0.05) is 13.0 Å². The maximum absolute atomic E-state index is 12.8. The summed E-state index contributed by atoms with van der Waals surface area (Å²) in [5.74, 6) is -2.46. The number of alkyl halides is 5. The molecule has 0 spiro atoms. The molecule has 1 aliphatic rings. The van der Waals surface area contributed by atoms with Crippen LogP contribution >= 0.6 is 0 Å². The predicted molar refractivity (Wildman–Crippen MR) is 85.1 cm³/mol. The second-order valence-corrected chi connectivity index (χ2v) is 6.00. The molecule has 0 fully saturated rings. The summed E-state index contributed by atoms with van der Waals surface area (Å²) < 4.78 is 78.4. The number of ether oxygens (including phenoxy) is 3. The molecule has 1 N–H and O–H groups in total. The van der Waals surface area contributed by atoms with Crippen LogP contribution in [-0.2, 0) is 11.0 Å². The molecule has 1 aliphatic heterocycles. The van der Waals surface area contributed by atoms with E-state index >= 15 is 0 Å².